The lowest BCUT2D eigenvalue weighted by Gasteiger charge is -2.36. The summed E-state index contributed by atoms with van der Waals surface area (Å²) >= 11 is 0. The van der Waals surface area contributed by atoms with Crippen molar-refractivity contribution >= 4 is 34.9 Å². The maximum atomic E-state index is 14.9. The van der Waals surface area contributed by atoms with Crippen LogP contribution in [0.15, 0.2) is 48.9 Å². The van der Waals surface area contributed by atoms with Crippen LogP contribution in [0.4, 0.5) is 20.3 Å². The Morgan fingerprint density at radius 1 is 0.980 bits per heavy atom. The van der Waals surface area contributed by atoms with Crippen molar-refractivity contribution in [1.29, 1.82) is 0 Å². The van der Waals surface area contributed by atoms with Gasteiger partial charge in [0, 0.05) is 68.4 Å². The standard InChI is InChI=1S/C35H38F2N8O5/c1-20-16-21(42-31-32-41-19-27(45(32)11-10-39-31)24-7-8-28(49-2)30(37)29(24)36)5-6-23(20)33(46)43-12-14-44(15-13-43)34(47)26-17-22(18-40-26)50-35(48)25-4-3-9-38-25/h5-8,10-11,16,19,22,25-26,38,40H,3-4,9,12-15,17-18H2,1-2H3,(H,39,42)/t22?,25-,26?/m0/s1. The highest BCUT2D eigenvalue weighted by Gasteiger charge is 2.37. The van der Waals surface area contributed by atoms with Gasteiger partial charge in [0.1, 0.15) is 12.1 Å². The molecular formula is C35H38F2N8O5. The molecule has 7 rings (SSSR count). The lowest BCUT2D eigenvalue weighted by atomic mass is 10.1. The number of hydrogen-bond acceptors (Lipinski definition) is 10. The Morgan fingerprint density at radius 3 is 2.52 bits per heavy atom. The highest BCUT2D eigenvalue weighted by atomic mass is 19.2. The molecule has 2 amide bonds. The van der Waals surface area contributed by atoms with E-state index in [0.717, 1.165) is 24.9 Å². The Hall–Kier alpha value is -5.15. The van der Waals surface area contributed by atoms with Gasteiger partial charge in [0.25, 0.3) is 5.91 Å². The van der Waals surface area contributed by atoms with Gasteiger partial charge in [-0.3, -0.25) is 18.8 Å². The maximum Gasteiger partial charge on any atom is 0.323 e. The Morgan fingerprint density at radius 2 is 1.78 bits per heavy atom. The van der Waals surface area contributed by atoms with Crippen LogP contribution >= 0.6 is 0 Å². The fourth-order valence-corrected chi connectivity index (χ4v) is 6.85. The molecule has 3 N–H and O–H groups in total. The van der Waals surface area contributed by atoms with Crippen LogP contribution in [0.25, 0.3) is 16.9 Å². The molecule has 3 aliphatic rings. The zero-order valence-electron chi connectivity index (χ0n) is 27.7. The minimum absolute atomic E-state index is 0.0238. The second-order valence-electron chi connectivity index (χ2n) is 12.7. The lowest BCUT2D eigenvalue weighted by molar-refractivity contribution is -0.150. The van der Waals surface area contributed by atoms with Crippen molar-refractivity contribution in [3.05, 3.63) is 71.7 Å². The van der Waals surface area contributed by atoms with Gasteiger partial charge < -0.3 is 35.2 Å². The Labute approximate surface area is 287 Å². The van der Waals surface area contributed by atoms with Gasteiger partial charge in [-0.15, -0.1) is 0 Å². The molecule has 2 aromatic heterocycles. The monoisotopic (exact) mass is 688 g/mol. The van der Waals surface area contributed by atoms with Gasteiger partial charge >= 0.3 is 5.97 Å². The molecule has 2 aromatic carbocycles. The van der Waals surface area contributed by atoms with Crippen LogP contribution in [-0.4, -0.2) is 107 Å². The van der Waals surface area contributed by atoms with E-state index in [0.29, 0.717) is 67.6 Å². The highest BCUT2D eigenvalue weighted by molar-refractivity contribution is 5.96. The number of hydrogen-bond donors (Lipinski definition) is 3. The van der Waals surface area contributed by atoms with Gasteiger partial charge in [0.05, 0.1) is 25.0 Å². The number of nitrogens with one attached hydrogen (secondary N) is 3. The third kappa shape index (κ3) is 6.45. The van der Waals surface area contributed by atoms with Crippen molar-refractivity contribution in [2.45, 2.75) is 44.4 Å². The van der Waals surface area contributed by atoms with Gasteiger partial charge in [-0.2, -0.15) is 4.39 Å². The van der Waals surface area contributed by atoms with Gasteiger partial charge in [0.2, 0.25) is 11.7 Å². The average Bonchev–Trinajstić information content (AvgIpc) is 3.92. The van der Waals surface area contributed by atoms with E-state index >= 15 is 0 Å². The van der Waals surface area contributed by atoms with Crippen LogP contribution in [-0.2, 0) is 14.3 Å². The number of amides is 2. The third-order valence-electron chi connectivity index (χ3n) is 9.59. The fourth-order valence-electron chi connectivity index (χ4n) is 6.85. The van der Waals surface area contributed by atoms with Crippen LogP contribution < -0.4 is 20.7 Å². The molecule has 5 heterocycles. The first-order valence-electron chi connectivity index (χ1n) is 16.7. The third-order valence-corrected chi connectivity index (χ3v) is 9.59. The fraction of sp³-hybridized carbons (Fsp3) is 0.400. The van der Waals surface area contributed by atoms with Crippen molar-refractivity contribution < 1.29 is 32.6 Å². The second kappa shape index (κ2) is 14.0. The molecule has 262 valence electrons. The summed E-state index contributed by atoms with van der Waals surface area (Å²) in [5, 5.41) is 9.57. The molecule has 15 heteroatoms. The number of esters is 1. The predicted octanol–water partition coefficient (Wildman–Crippen LogP) is 3.05. The summed E-state index contributed by atoms with van der Waals surface area (Å²) < 4.78 is 41.5. The Bertz CT molecular complexity index is 1940. The van der Waals surface area contributed by atoms with Crippen molar-refractivity contribution in [1.82, 2.24) is 34.8 Å². The molecule has 0 bridgehead atoms. The van der Waals surface area contributed by atoms with E-state index in [2.05, 4.69) is 25.9 Å². The number of ether oxygens (including phenoxy) is 2. The predicted molar refractivity (Wildman–Crippen MR) is 179 cm³/mol. The summed E-state index contributed by atoms with van der Waals surface area (Å²) in [6.45, 7) is 4.71. The molecule has 0 aliphatic carbocycles. The number of benzene rings is 2. The SMILES string of the molecule is COc1ccc(-c2cnc3c(Nc4ccc(C(=O)N5CCN(C(=O)C6CC(OC(=O)[C@@H]7CCCN7)CN6)CC5)c(C)c4)nccn23)c(F)c1F. The van der Waals surface area contributed by atoms with Crippen molar-refractivity contribution in [3.8, 4) is 17.0 Å². The van der Waals surface area contributed by atoms with Crippen LogP contribution in [0.1, 0.15) is 35.2 Å². The smallest absolute Gasteiger partial charge is 0.323 e. The second-order valence-corrected chi connectivity index (χ2v) is 12.7. The summed E-state index contributed by atoms with van der Waals surface area (Å²) in [6.07, 6.45) is 6.40. The number of carbonyl (C=O) groups excluding carboxylic acids is 3. The van der Waals surface area contributed by atoms with Crippen molar-refractivity contribution in [3.63, 3.8) is 0 Å². The van der Waals surface area contributed by atoms with Gasteiger partial charge in [-0.1, -0.05) is 0 Å². The highest BCUT2D eigenvalue weighted by Crippen LogP contribution is 2.32. The van der Waals surface area contributed by atoms with E-state index in [4.69, 9.17) is 9.47 Å². The molecule has 50 heavy (non-hydrogen) atoms. The number of rotatable bonds is 8. The van der Waals surface area contributed by atoms with Gasteiger partial charge in [0.15, 0.2) is 23.0 Å². The largest absolute Gasteiger partial charge is 0.494 e. The minimum atomic E-state index is -1.08. The van der Waals surface area contributed by atoms with Crippen LogP contribution in [0.5, 0.6) is 5.75 Å². The first kappa shape index (κ1) is 33.4. The normalized spacial score (nSPS) is 20.7. The van der Waals surface area contributed by atoms with E-state index in [9.17, 15) is 23.2 Å². The molecule has 0 spiro atoms. The van der Waals surface area contributed by atoms with Crippen LogP contribution in [0, 0.1) is 18.6 Å². The number of imidazole rings is 1. The van der Waals surface area contributed by atoms with E-state index < -0.39 is 17.7 Å². The van der Waals surface area contributed by atoms with Crippen molar-refractivity contribution in [2.75, 3.05) is 51.7 Å². The van der Waals surface area contributed by atoms with E-state index in [1.807, 2.05) is 13.0 Å². The Balaban J connectivity index is 0.959. The number of carbonyl (C=O) groups is 3. The van der Waals surface area contributed by atoms with Crippen LogP contribution in [0.2, 0.25) is 0 Å². The number of nitrogens with zero attached hydrogens (tertiary/aromatic N) is 5. The number of fused-ring (bicyclic) bond motifs is 1. The number of anilines is 2. The number of aromatic nitrogens is 3. The average molecular weight is 689 g/mol. The first-order chi connectivity index (χ1) is 24.2. The molecule has 3 saturated heterocycles. The molecule has 2 unspecified atom stereocenters. The number of piperazine rings is 1. The number of halogens is 2. The van der Waals surface area contributed by atoms with E-state index in [1.165, 1.54) is 31.6 Å². The van der Waals surface area contributed by atoms with Gasteiger partial charge in [-0.05, 0) is 62.2 Å². The zero-order valence-corrected chi connectivity index (χ0v) is 27.7. The summed E-state index contributed by atoms with van der Waals surface area (Å²) in [5.41, 5.74) is 2.71. The lowest BCUT2D eigenvalue weighted by Crippen LogP contribution is -2.54. The maximum absolute atomic E-state index is 14.9. The van der Waals surface area contributed by atoms with Gasteiger partial charge in [-0.25, -0.2) is 14.4 Å². The summed E-state index contributed by atoms with van der Waals surface area (Å²) in [4.78, 5) is 51.5. The topological polar surface area (TPSA) is 142 Å². The molecule has 13 nitrogen and oxygen atoms in total. The van der Waals surface area contributed by atoms with Crippen molar-refractivity contribution in [2.24, 2.45) is 0 Å². The molecule has 0 radical (unpaired) electrons. The minimum Gasteiger partial charge on any atom is -0.494 e. The summed E-state index contributed by atoms with van der Waals surface area (Å²) in [7, 11) is 1.27. The molecule has 3 atom stereocenters. The summed E-state index contributed by atoms with van der Waals surface area (Å²) in [5.74, 6) is -2.35. The first-order valence-corrected chi connectivity index (χ1v) is 16.7. The van der Waals surface area contributed by atoms with E-state index in [-0.39, 0.29) is 41.2 Å². The van der Waals surface area contributed by atoms with Crippen LogP contribution in [0.3, 0.4) is 0 Å². The number of methoxy groups -OCH3 is 1. The molecule has 4 aromatic rings. The quantitative estimate of drug-likeness (QED) is 0.237. The van der Waals surface area contributed by atoms with E-state index in [1.54, 1.807) is 32.5 Å². The summed E-state index contributed by atoms with van der Waals surface area (Å²) in [6, 6.07) is 7.46. The molecule has 3 aliphatic heterocycles. The zero-order chi connectivity index (χ0) is 34.9. The molecular weight excluding hydrogens is 650 g/mol. The molecule has 0 saturated carbocycles. The molecule has 3 fully saturated rings. The number of aryl methyl sites for hydroxylation is 1. The Kier molecular flexibility index (Phi) is 9.33.